The highest BCUT2D eigenvalue weighted by Crippen LogP contribution is 1.92. The second-order valence-electron chi connectivity index (χ2n) is 3.22. The molecule has 0 spiro atoms. The van der Waals surface area contributed by atoms with Gasteiger partial charge in [-0.2, -0.15) is 5.10 Å². The Morgan fingerprint density at radius 1 is 1.36 bits per heavy atom. The number of hydrogen-bond donors (Lipinski definition) is 1. The molecule has 1 aromatic rings. The van der Waals surface area contributed by atoms with Gasteiger partial charge in [0, 0.05) is 32.6 Å². The van der Waals surface area contributed by atoms with Gasteiger partial charge in [-0.05, 0) is 25.5 Å². The zero-order chi connectivity index (χ0) is 10.1. The van der Waals surface area contributed by atoms with Crippen LogP contribution in [0.25, 0.3) is 0 Å². The van der Waals surface area contributed by atoms with Gasteiger partial charge in [-0.1, -0.05) is 0 Å². The molecule has 1 heterocycles. The molecule has 1 N–H and O–H groups in total. The third-order valence-electron chi connectivity index (χ3n) is 2.03. The Morgan fingerprint density at radius 3 is 3.00 bits per heavy atom. The van der Waals surface area contributed by atoms with E-state index in [1.54, 1.807) is 7.11 Å². The quantitative estimate of drug-likeness (QED) is 0.629. The number of aromatic nitrogens is 2. The van der Waals surface area contributed by atoms with E-state index in [4.69, 9.17) is 4.74 Å². The highest BCUT2D eigenvalue weighted by molar-refractivity contribution is 4.77. The lowest BCUT2D eigenvalue weighted by Gasteiger charge is -2.04. The summed E-state index contributed by atoms with van der Waals surface area (Å²) in [7, 11) is 1.72. The highest BCUT2D eigenvalue weighted by atomic mass is 16.5. The lowest BCUT2D eigenvalue weighted by Crippen LogP contribution is -2.20. The van der Waals surface area contributed by atoms with Crippen LogP contribution in [-0.4, -0.2) is 36.6 Å². The van der Waals surface area contributed by atoms with Crippen LogP contribution in [0.15, 0.2) is 18.5 Å². The maximum atomic E-state index is 4.93. The number of rotatable bonds is 8. The average Bonchev–Trinajstić information content (AvgIpc) is 2.69. The summed E-state index contributed by atoms with van der Waals surface area (Å²) in [5, 5.41) is 7.45. The number of nitrogens with one attached hydrogen (secondary N) is 1. The first-order chi connectivity index (χ1) is 6.93. The van der Waals surface area contributed by atoms with Crippen LogP contribution in [0.3, 0.4) is 0 Å². The molecule has 0 unspecified atom stereocenters. The van der Waals surface area contributed by atoms with Crippen molar-refractivity contribution < 1.29 is 4.74 Å². The molecule has 0 saturated heterocycles. The number of methoxy groups -OCH3 is 1. The van der Waals surface area contributed by atoms with E-state index in [0.29, 0.717) is 0 Å². The van der Waals surface area contributed by atoms with Gasteiger partial charge >= 0.3 is 0 Å². The Bertz CT molecular complexity index is 211. The summed E-state index contributed by atoms with van der Waals surface area (Å²) in [5.41, 5.74) is 0. The minimum atomic E-state index is 0.791. The standard InChI is InChI=1S/C10H19N3O/c1-14-10-7-11-5-2-3-8-13-9-4-6-12-13/h4,6,9,11H,2-3,5,7-8,10H2,1H3. The van der Waals surface area contributed by atoms with Crippen molar-refractivity contribution >= 4 is 0 Å². The Hall–Kier alpha value is -0.870. The van der Waals surface area contributed by atoms with Crippen LogP contribution in [0.1, 0.15) is 12.8 Å². The van der Waals surface area contributed by atoms with Gasteiger partial charge in [-0.25, -0.2) is 0 Å². The summed E-state index contributed by atoms with van der Waals surface area (Å²) in [6.07, 6.45) is 6.17. The van der Waals surface area contributed by atoms with E-state index in [1.165, 1.54) is 12.8 Å². The van der Waals surface area contributed by atoms with Crippen molar-refractivity contribution in [2.75, 3.05) is 26.8 Å². The van der Waals surface area contributed by atoms with Gasteiger partial charge in [0.2, 0.25) is 0 Å². The molecule has 1 aromatic heterocycles. The van der Waals surface area contributed by atoms with E-state index in [9.17, 15) is 0 Å². The summed E-state index contributed by atoms with van der Waals surface area (Å²) in [5.74, 6) is 0. The normalized spacial score (nSPS) is 10.6. The third-order valence-corrected chi connectivity index (χ3v) is 2.03. The summed E-state index contributed by atoms with van der Waals surface area (Å²) in [4.78, 5) is 0. The fourth-order valence-electron chi connectivity index (χ4n) is 1.26. The molecule has 0 bridgehead atoms. The maximum absolute atomic E-state index is 4.93. The summed E-state index contributed by atoms with van der Waals surface area (Å²) in [6.45, 7) is 3.81. The Labute approximate surface area is 85.3 Å². The molecule has 1 rings (SSSR count). The monoisotopic (exact) mass is 197 g/mol. The molecule has 4 heteroatoms. The van der Waals surface area contributed by atoms with Crippen molar-refractivity contribution in [2.45, 2.75) is 19.4 Å². The lowest BCUT2D eigenvalue weighted by molar-refractivity contribution is 0.199. The number of nitrogens with zero attached hydrogens (tertiary/aromatic N) is 2. The average molecular weight is 197 g/mol. The van der Waals surface area contributed by atoms with Gasteiger partial charge in [0.25, 0.3) is 0 Å². The molecular weight excluding hydrogens is 178 g/mol. The predicted molar refractivity (Wildman–Crippen MR) is 56.2 cm³/mol. The number of ether oxygens (including phenoxy) is 1. The molecule has 0 saturated carbocycles. The van der Waals surface area contributed by atoms with Crippen molar-refractivity contribution in [2.24, 2.45) is 0 Å². The molecule has 0 aliphatic rings. The molecule has 0 atom stereocenters. The van der Waals surface area contributed by atoms with Crippen LogP contribution in [0, 0.1) is 0 Å². The van der Waals surface area contributed by atoms with Gasteiger partial charge in [-0.3, -0.25) is 4.68 Å². The molecule has 0 aromatic carbocycles. The van der Waals surface area contributed by atoms with Crippen LogP contribution in [0.2, 0.25) is 0 Å². The fraction of sp³-hybridized carbons (Fsp3) is 0.700. The van der Waals surface area contributed by atoms with Gasteiger partial charge in [-0.15, -0.1) is 0 Å². The molecule has 0 radical (unpaired) electrons. The molecule has 0 aliphatic carbocycles. The zero-order valence-electron chi connectivity index (χ0n) is 8.78. The van der Waals surface area contributed by atoms with Crippen molar-refractivity contribution in [1.82, 2.24) is 15.1 Å². The maximum Gasteiger partial charge on any atom is 0.0587 e. The van der Waals surface area contributed by atoms with Crippen LogP contribution >= 0.6 is 0 Å². The van der Waals surface area contributed by atoms with Crippen molar-refractivity contribution in [3.63, 3.8) is 0 Å². The van der Waals surface area contributed by atoms with Gasteiger partial charge < -0.3 is 10.1 Å². The first kappa shape index (κ1) is 11.2. The van der Waals surface area contributed by atoms with Crippen LogP contribution in [0.4, 0.5) is 0 Å². The molecule has 0 fully saturated rings. The zero-order valence-corrected chi connectivity index (χ0v) is 8.78. The number of unbranched alkanes of at least 4 members (excludes halogenated alkanes) is 1. The topological polar surface area (TPSA) is 39.1 Å². The van der Waals surface area contributed by atoms with E-state index < -0.39 is 0 Å². The Balaban J connectivity index is 1.85. The molecule has 14 heavy (non-hydrogen) atoms. The second kappa shape index (κ2) is 7.53. The molecule has 0 amide bonds. The summed E-state index contributed by atoms with van der Waals surface area (Å²) >= 11 is 0. The third kappa shape index (κ3) is 4.99. The van der Waals surface area contributed by atoms with E-state index in [-0.39, 0.29) is 0 Å². The van der Waals surface area contributed by atoms with E-state index >= 15 is 0 Å². The van der Waals surface area contributed by atoms with Crippen LogP contribution in [0.5, 0.6) is 0 Å². The first-order valence-electron chi connectivity index (χ1n) is 5.10. The summed E-state index contributed by atoms with van der Waals surface area (Å²) in [6, 6.07) is 1.96. The van der Waals surface area contributed by atoms with Gasteiger partial charge in [0.05, 0.1) is 6.61 Å². The highest BCUT2D eigenvalue weighted by Gasteiger charge is 1.91. The van der Waals surface area contributed by atoms with Crippen LogP contribution < -0.4 is 5.32 Å². The second-order valence-corrected chi connectivity index (χ2v) is 3.22. The molecular formula is C10H19N3O. The fourth-order valence-corrected chi connectivity index (χ4v) is 1.26. The van der Waals surface area contributed by atoms with Crippen molar-refractivity contribution in [1.29, 1.82) is 0 Å². The van der Waals surface area contributed by atoms with Crippen molar-refractivity contribution in [3.05, 3.63) is 18.5 Å². The minimum Gasteiger partial charge on any atom is -0.383 e. The lowest BCUT2D eigenvalue weighted by atomic mass is 10.3. The first-order valence-corrected chi connectivity index (χ1v) is 5.10. The van der Waals surface area contributed by atoms with Gasteiger partial charge in [0.15, 0.2) is 0 Å². The molecule has 0 aliphatic heterocycles. The smallest absolute Gasteiger partial charge is 0.0587 e. The Morgan fingerprint density at radius 2 is 2.29 bits per heavy atom. The molecule has 80 valence electrons. The summed E-state index contributed by atoms with van der Waals surface area (Å²) < 4.78 is 6.90. The molecule has 4 nitrogen and oxygen atoms in total. The van der Waals surface area contributed by atoms with Gasteiger partial charge in [0.1, 0.15) is 0 Å². The largest absolute Gasteiger partial charge is 0.383 e. The van der Waals surface area contributed by atoms with Crippen molar-refractivity contribution in [3.8, 4) is 0 Å². The van der Waals surface area contributed by atoms with E-state index in [1.807, 2.05) is 23.1 Å². The minimum absolute atomic E-state index is 0.791. The van der Waals surface area contributed by atoms with E-state index in [2.05, 4.69) is 10.4 Å². The van der Waals surface area contributed by atoms with Crippen LogP contribution in [-0.2, 0) is 11.3 Å². The predicted octanol–water partition coefficient (Wildman–Crippen LogP) is 0.899. The SMILES string of the molecule is COCCNCCCCn1cccn1. The number of hydrogen-bond acceptors (Lipinski definition) is 3. The number of aryl methyl sites for hydroxylation is 1. The Kier molecular flexibility index (Phi) is 6.02. The van der Waals surface area contributed by atoms with E-state index in [0.717, 1.165) is 26.2 Å².